The van der Waals surface area contributed by atoms with Crippen molar-refractivity contribution < 1.29 is 0 Å². The van der Waals surface area contributed by atoms with Crippen molar-refractivity contribution in [3.05, 3.63) is 200 Å². The number of fused-ring (bicyclic) bond motifs is 5. The van der Waals surface area contributed by atoms with Crippen LogP contribution in [0.4, 0.5) is 17.1 Å². The molecule has 9 aromatic rings. The molecule has 230 valence electrons. The predicted molar refractivity (Wildman–Crippen MR) is 210 cm³/mol. The minimum Gasteiger partial charge on any atom is -0.311 e. The summed E-state index contributed by atoms with van der Waals surface area (Å²) in [5.74, 6) is 0. The van der Waals surface area contributed by atoms with E-state index in [9.17, 15) is 0 Å². The third-order valence-corrected chi connectivity index (χ3v) is 9.65. The van der Waals surface area contributed by atoms with Crippen molar-refractivity contribution in [2.75, 3.05) is 4.90 Å². The molecule has 49 heavy (non-hydrogen) atoms. The first-order chi connectivity index (χ1) is 24.3. The average Bonchev–Trinajstić information content (AvgIpc) is 3.19. The monoisotopic (exact) mass is 623 g/mol. The van der Waals surface area contributed by atoms with Crippen molar-refractivity contribution in [2.24, 2.45) is 0 Å². The molecule has 0 saturated heterocycles. The first kappa shape index (κ1) is 28.8. The molecule has 0 amide bonds. The fourth-order valence-electron chi connectivity index (χ4n) is 7.21. The Morgan fingerprint density at radius 2 is 0.694 bits per heavy atom. The Morgan fingerprint density at radius 3 is 1.31 bits per heavy atom. The van der Waals surface area contributed by atoms with Gasteiger partial charge in [0.1, 0.15) is 0 Å². The molecule has 0 N–H and O–H groups in total. The fraction of sp³-hybridized carbons (Fsp3) is 0. The lowest BCUT2D eigenvalue weighted by Gasteiger charge is -2.26. The van der Waals surface area contributed by atoms with E-state index in [0.717, 1.165) is 17.1 Å². The van der Waals surface area contributed by atoms with Crippen LogP contribution in [0.2, 0.25) is 0 Å². The van der Waals surface area contributed by atoms with Gasteiger partial charge in [0.05, 0.1) is 0 Å². The molecule has 0 aromatic heterocycles. The van der Waals surface area contributed by atoms with Crippen molar-refractivity contribution in [3.8, 4) is 33.4 Å². The van der Waals surface area contributed by atoms with E-state index in [0.29, 0.717) is 0 Å². The van der Waals surface area contributed by atoms with Crippen LogP contribution in [-0.2, 0) is 0 Å². The summed E-state index contributed by atoms with van der Waals surface area (Å²) in [5, 5.41) is 7.70. The van der Waals surface area contributed by atoms with Gasteiger partial charge >= 0.3 is 0 Å². The number of nitrogens with zero attached hydrogens (tertiary/aromatic N) is 1. The number of rotatable bonds is 6. The van der Waals surface area contributed by atoms with Crippen molar-refractivity contribution in [1.82, 2.24) is 0 Å². The van der Waals surface area contributed by atoms with E-state index in [2.05, 4.69) is 205 Å². The van der Waals surface area contributed by atoms with Gasteiger partial charge in [-0.3, -0.25) is 0 Å². The van der Waals surface area contributed by atoms with Crippen molar-refractivity contribution in [2.45, 2.75) is 0 Å². The number of hydrogen-bond donors (Lipinski definition) is 0. The smallest absolute Gasteiger partial charge is 0.0462 e. The Bertz CT molecular complexity index is 2540. The fourth-order valence-corrected chi connectivity index (χ4v) is 7.21. The summed E-state index contributed by atoms with van der Waals surface area (Å²) in [7, 11) is 0. The molecular weight excluding hydrogens is 591 g/mol. The van der Waals surface area contributed by atoms with Crippen LogP contribution in [0.25, 0.3) is 65.7 Å². The maximum Gasteiger partial charge on any atom is 0.0462 e. The van der Waals surface area contributed by atoms with Crippen LogP contribution < -0.4 is 4.90 Å². The van der Waals surface area contributed by atoms with Gasteiger partial charge in [-0.2, -0.15) is 0 Å². The summed E-state index contributed by atoms with van der Waals surface area (Å²) in [6.45, 7) is 0. The van der Waals surface area contributed by atoms with Gasteiger partial charge in [0.25, 0.3) is 0 Å². The van der Waals surface area contributed by atoms with Crippen molar-refractivity contribution in [1.29, 1.82) is 0 Å². The minimum atomic E-state index is 1.12. The Morgan fingerprint density at radius 1 is 0.265 bits per heavy atom. The van der Waals surface area contributed by atoms with Gasteiger partial charge in [-0.1, -0.05) is 158 Å². The van der Waals surface area contributed by atoms with Crippen LogP contribution in [-0.4, -0.2) is 0 Å². The molecule has 9 rings (SSSR count). The lowest BCUT2D eigenvalue weighted by molar-refractivity contribution is 1.28. The Balaban J connectivity index is 1.09. The normalized spacial score (nSPS) is 11.3. The highest BCUT2D eigenvalue weighted by Gasteiger charge is 2.15. The van der Waals surface area contributed by atoms with Gasteiger partial charge < -0.3 is 4.90 Å². The van der Waals surface area contributed by atoms with E-state index < -0.39 is 0 Å². The zero-order chi connectivity index (χ0) is 32.6. The van der Waals surface area contributed by atoms with Gasteiger partial charge in [-0.25, -0.2) is 0 Å². The second-order valence-electron chi connectivity index (χ2n) is 12.6. The Kier molecular flexibility index (Phi) is 7.22. The third-order valence-electron chi connectivity index (χ3n) is 9.65. The largest absolute Gasteiger partial charge is 0.311 e. The van der Waals surface area contributed by atoms with Crippen LogP contribution in [0.1, 0.15) is 0 Å². The summed E-state index contributed by atoms with van der Waals surface area (Å²) >= 11 is 0. The molecule has 0 saturated carbocycles. The molecule has 0 heterocycles. The molecule has 0 fully saturated rings. The first-order valence-electron chi connectivity index (χ1n) is 16.8. The van der Waals surface area contributed by atoms with E-state index in [1.165, 1.54) is 65.7 Å². The van der Waals surface area contributed by atoms with Crippen LogP contribution in [0.3, 0.4) is 0 Å². The Hall–Kier alpha value is -6.44. The highest BCUT2D eigenvalue weighted by Crippen LogP contribution is 2.41. The summed E-state index contributed by atoms with van der Waals surface area (Å²) in [5.41, 5.74) is 10.7. The maximum absolute atomic E-state index is 2.35. The molecule has 0 aliphatic carbocycles. The molecular formula is C48H33N. The third kappa shape index (κ3) is 5.32. The SMILES string of the molecule is c1ccc(-c2ccc(-c3ccc(N(c4ccccc4)c4ccc(-c5cc6ccccc6c6c5ccc5ccccc56)cc4)cc3)cc2)cc1. The standard InChI is InChI=1S/C48H33N/c1-3-11-34(12-4-1)35-19-21-36(22-20-35)37-23-28-42(29-24-37)49(41-15-5-2-6-16-41)43-30-25-39(26-31-43)47-33-40-14-8-10-18-45(40)48-44-17-9-7-13-38(44)27-32-46(47)48/h1-33H. The predicted octanol–water partition coefficient (Wildman–Crippen LogP) is 13.6. The molecule has 0 radical (unpaired) electrons. The van der Waals surface area contributed by atoms with Crippen LogP contribution >= 0.6 is 0 Å². The zero-order valence-corrected chi connectivity index (χ0v) is 27.0. The highest BCUT2D eigenvalue weighted by molar-refractivity contribution is 6.24. The minimum absolute atomic E-state index is 1.12. The van der Waals surface area contributed by atoms with Crippen LogP contribution in [0.5, 0.6) is 0 Å². The molecule has 1 nitrogen and oxygen atoms in total. The van der Waals surface area contributed by atoms with Gasteiger partial charge in [-0.15, -0.1) is 0 Å². The molecule has 0 bridgehead atoms. The molecule has 9 aromatic carbocycles. The molecule has 0 atom stereocenters. The summed E-state index contributed by atoms with van der Waals surface area (Å²) in [6.07, 6.45) is 0. The first-order valence-corrected chi connectivity index (χ1v) is 16.8. The van der Waals surface area contributed by atoms with E-state index in [4.69, 9.17) is 0 Å². The number of para-hydroxylation sites is 1. The number of benzene rings is 9. The lowest BCUT2D eigenvalue weighted by Crippen LogP contribution is -2.09. The summed E-state index contributed by atoms with van der Waals surface area (Å²) in [6, 6.07) is 72.3. The van der Waals surface area contributed by atoms with E-state index in [1.807, 2.05) is 0 Å². The highest BCUT2D eigenvalue weighted by atomic mass is 15.1. The van der Waals surface area contributed by atoms with Crippen LogP contribution in [0, 0.1) is 0 Å². The quantitative estimate of drug-likeness (QED) is 0.167. The summed E-state index contributed by atoms with van der Waals surface area (Å²) in [4.78, 5) is 2.33. The second kappa shape index (κ2) is 12.3. The second-order valence-corrected chi connectivity index (χ2v) is 12.6. The Labute approximate surface area is 287 Å². The zero-order valence-electron chi connectivity index (χ0n) is 27.0. The molecule has 0 aliphatic rings. The number of hydrogen-bond acceptors (Lipinski definition) is 1. The van der Waals surface area contributed by atoms with E-state index >= 15 is 0 Å². The average molecular weight is 624 g/mol. The molecule has 0 unspecified atom stereocenters. The topological polar surface area (TPSA) is 3.24 Å². The lowest BCUT2D eigenvalue weighted by atomic mass is 9.90. The van der Waals surface area contributed by atoms with E-state index in [-0.39, 0.29) is 0 Å². The molecule has 0 aliphatic heterocycles. The number of anilines is 3. The van der Waals surface area contributed by atoms with Gasteiger partial charge in [0.15, 0.2) is 0 Å². The summed E-state index contributed by atoms with van der Waals surface area (Å²) < 4.78 is 0. The van der Waals surface area contributed by atoms with Crippen molar-refractivity contribution in [3.63, 3.8) is 0 Å². The molecule has 0 spiro atoms. The van der Waals surface area contributed by atoms with Gasteiger partial charge in [-0.05, 0) is 108 Å². The van der Waals surface area contributed by atoms with Gasteiger partial charge in [0.2, 0.25) is 0 Å². The van der Waals surface area contributed by atoms with Gasteiger partial charge in [0, 0.05) is 17.1 Å². The van der Waals surface area contributed by atoms with Crippen molar-refractivity contribution >= 4 is 49.4 Å². The molecule has 1 heteroatoms. The maximum atomic E-state index is 2.35. The van der Waals surface area contributed by atoms with Crippen LogP contribution in [0.15, 0.2) is 200 Å². The van der Waals surface area contributed by atoms with E-state index in [1.54, 1.807) is 0 Å².